The van der Waals surface area contributed by atoms with Crippen LogP contribution in [0.15, 0.2) is 52.3 Å². The van der Waals surface area contributed by atoms with Crippen molar-refractivity contribution < 1.29 is 18.0 Å². The monoisotopic (exact) mass is 446 g/mol. The fraction of sp³-hybridized carbons (Fsp3) is 0.364. The van der Waals surface area contributed by atoms with E-state index in [4.69, 9.17) is 0 Å². The molecule has 6 nitrogen and oxygen atoms in total. The van der Waals surface area contributed by atoms with Gasteiger partial charge in [-0.3, -0.25) is 9.59 Å². The molecule has 8 heteroatoms. The summed E-state index contributed by atoms with van der Waals surface area (Å²) in [4.78, 5) is 25.2. The lowest BCUT2D eigenvalue weighted by Crippen LogP contribution is -2.34. The van der Waals surface area contributed by atoms with Gasteiger partial charge in [-0.1, -0.05) is 36.8 Å². The molecular weight excluding hydrogens is 420 g/mol. The van der Waals surface area contributed by atoms with Gasteiger partial charge in [-0.2, -0.15) is 0 Å². The van der Waals surface area contributed by atoms with E-state index in [-0.39, 0.29) is 27.7 Å². The molecule has 2 unspecified atom stereocenters. The fourth-order valence-electron chi connectivity index (χ4n) is 3.14. The first kappa shape index (κ1) is 22.4. The Bertz CT molecular complexity index is 1050. The topological polar surface area (TPSA) is 92.3 Å². The number of aryl methyl sites for hydroxylation is 1. The minimum absolute atomic E-state index is 0.107. The summed E-state index contributed by atoms with van der Waals surface area (Å²) in [5.74, 6) is -1.42. The smallest absolute Gasteiger partial charge is 0.237 e. The quantitative estimate of drug-likeness (QED) is 0.681. The second kappa shape index (κ2) is 9.22. The minimum atomic E-state index is -3.67. The molecule has 2 aromatic carbocycles. The molecule has 0 saturated carbocycles. The molecule has 0 fully saturated rings. The van der Waals surface area contributed by atoms with E-state index in [0.717, 1.165) is 10.5 Å². The highest BCUT2D eigenvalue weighted by molar-refractivity contribution is 8.01. The second-order valence-electron chi connectivity index (χ2n) is 7.62. The van der Waals surface area contributed by atoms with E-state index in [2.05, 4.69) is 10.6 Å². The Balaban J connectivity index is 1.59. The highest BCUT2D eigenvalue weighted by atomic mass is 32.2. The average molecular weight is 447 g/mol. The number of hydrogen-bond donors (Lipinski definition) is 2. The molecule has 3 rings (SSSR count). The first-order valence-corrected chi connectivity index (χ1v) is 12.4. The van der Waals surface area contributed by atoms with Crippen LogP contribution >= 0.6 is 11.8 Å². The minimum Gasteiger partial charge on any atom is -0.356 e. The van der Waals surface area contributed by atoms with Crippen LogP contribution in [0.25, 0.3) is 0 Å². The van der Waals surface area contributed by atoms with Gasteiger partial charge in [-0.25, -0.2) is 8.42 Å². The molecule has 2 aromatic rings. The zero-order chi connectivity index (χ0) is 21.9. The SMILES string of the molecule is Cc1ccc(CCNC(=O)C(C)CS(=O)(=O)c2ccc3c(c2)NC(=O)C(C)S3)cc1. The van der Waals surface area contributed by atoms with Gasteiger partial charge in [0.1, 0.15) is 0 Å². The van der Waals surface area contributed by atoms with Crippen molar-refractivity contribution in [2.24, 2.45) is 5.92 Å². The molecule has 0 aliphatic carbocycles. The van der Waals surface area contributed by atoms with Gasteiger partial charge in [-0.15, -0.1) is 11.8 Å². The maximum atomic E-state index is 12.8. The molecule has 0 radical (unpaired) electrons. The van der Waals surface area contributed by atoms with E-state index in [1.165, 1.54) is 29.5 Å². The predicted molar refractivity (Wildman–Crippen MR) is 120 cm³/mol. The number of thioether (sulfide) groups is 1. The molecule has 0 spiro atoms. The number of anilines is 1. The van der Waals surface area contributed by atoms with E-state index >= 15 is 0 Å². The summed E-state index contributed by atoms with van der Waals surface area (Å²) in [6.45, 7) is 5.87. The van der Waals surface area contributed by atoms with E-state index < -0.39 is 15.8 Å². The zero-order valence-corrected chi connectivity index (χ0v) is 18.9. The largest absolute Gasteiger partial charge is 0.356 e. The van der Waals surface area contributed by atoms with Crippen LogP contribution in [0, 0.1) is 12.8 Å². The Hall–Kier alpha value is -2.32. The van der Waals surface area contributed by atoms with Crippen molar-refractivity contribution in [1.82, 2.24) is 5.32 Å². The summed E-state index contributed by atoms with van der Waals surface area (Å²) in [5.41, 5.74) is 2.79. The molecule has 1 aliphatic heterocycles. The third-order valence-corrected chi connectivity index (χ3v) is 8.08. The summed E-state index contributed by atoms with van der Waals surface area (Å²) in [7, 11) is -3.67. The molecule has 0 saturated heterocycles. The number of carbonyl (C=O) groups excluding carboxylic acids is 2. The highest BCUT2D eigenvalue weighted by Gasteiger charge is 2.27. The van der Waals surface area contributed by atoms with Gasteiger partial charge in [-0.05, 0) is 44.0 Å². The normalized spacial score (nSPS) is 17.0. The van der Waals surface area contributed by atoms with Gasteiger partial charge >= 0.3 is 0 Å². The summed E-state index contributed by atoms with van der Waals surface area (Å²) >= 11 is 1.40. The first-order chi connectivity index (χ1) is 14.2. The fourth-order valence-corrected chi connectivity index (χ4v) is 5.65. The van der Waals surface area contributed by atoms with Crippen molar-refractivity contribution in [1.29, 1.82) is 0 Å². The molecule has 30 heavy (non-hydrogen) atoms. The molecule has 2 N–H and O–H groups in total. The van der Waals surface area contributed by atoms with E-state index in [0.29, 0.717) is 18.7 Å². The Morgan fingerprint density at radius 1 is 1.20 bits per heavy atom. The van der Waals surface area contributed by atoms with Crippen LogP contribution in [0.3, 0.4) is 0 Å². The number of nitrogens with one attached hydrogen (secondary N) is 2. The van der Waals surface area contributed by atoms with E-state index in [1.807, 2.05) is 31.2 Å². The van der Waals surface area contributed by atoms with Crippen LogP contribution in [0.4, 0.5) is 5.69 Å². The van der Waals surface area contributed by atoms with Gasteiger partial charge in [0, 0.05) is 17.4 Å². The summed E-state index contributed by atoms with van der Waals surface area (Å²) in [5, 5.41) is 5.34. The molecule has 2 amide bonds. The van der Waals surface area contributed by atoms with Crippen molar-refractivity contribution in [3.63, 3.8) is 0 Å². The standard InChI is InChI=1S/C22H26N2O4S2/c1-14-4-6-17(7-5-14)10-11-23-21(25)15(2)13-30(27,28)18-8-9-20-19(12-18)24-22(26)16(3)29-20/h4-9,12,15-16H,10-11,13H2,1-3H3,(H,23,25)(H,24,26). The number of rotatable bonds is 7. The highest BCUT2D eigenvalue weighted by Crippen LogP contribution is 2.37. The molecule has 1 heterocycles. The Kier molecular flexibility index (Phi) is 6.88. The van der Waals surface area contributed by atoms with Gasteiger partial charge in [0.25, 0.3) is 0 Å². The van der Waals surface area contributed by atoms with E-state index in [1.54, 1.807) is 19.9 Å². The van der Waals surface area contributed by atoms with Crippen LogP contribution in [-0.4, -0.2) is 37.8 Å². The predicted octanol–water partition coefficient (Wildman–Crippen LogP) is 3.20. The molecule has 2 atom stereocenters. The summed E-state index contributed by atoms with van der Waals surface area (Å²) in [6, 6.07) is 12.8. The van der Waals surface area contributed by atoms with Gasteiger partial charge in [0.15, 0.2) is 9.84 Å². The maximum absolute atomic E-state index is 12.8. The van der Waals surface area contributed by atoms with Crippen molar-refractivity contribution in [2.45, 2.75) is 42.2 Å². The van der Waals surface area contributed by atoms with Crippen LogP contribution < -0.4 is 10.6 Å². The second-order valence-corrected chi connectivity index (χ2v) is 11.0. The number of sulfone groups is 1. The Morgan fingerprint density at radius 3 is 2.60 bits per heavy atom. The van der Waals surface area contributed by atoms with Crippen LogP contribution in [0.1, 0.15) is 25.0 Å². The van der Waals surface area contributed by atoms with Crippen molar-refractivity contribution in [2.75, 3.05) is 17.6 Å². The van der Waals surface area contributed by atoms with Crippen LogP contribution in [-0.2, 0) is 25.8 Å². The zero-order valence-electron chi connectivity index (χ0n) is 17.3. The number of carbonyl (C=O) groups is 2. The summed E-state index contributed by atoms with van der Waals surface area (Å²) in [6.07, 6.45) is 0.687. The van der Waals surface area contributed by atoms with Crippen molar-refractivity contribution in [3.8, 4) is 0 Å². The lowest BCUT2D eigenvalue weighted by atomic mass is 10.1. The lowest BCUT2D eigenvalue weighted by Gasteiger charge is -2.22. The number of hydrogen-bond acceptors (Lipinski definition) is 5. The Labute approximate surface area is 181 Å². The third kappa shape index (κ3) is 5.43. The van der Waals surface area contributed by atoms with Gasteiger partial charge in [0.05, 0.1) is 21.6 Å². The molecular formula is C22H26N2O4S2. The van der Waals surface area contributed by atoms with Crippen LogP contribution in [0.5, 0.6) is 0 Å². The van der Waals surface area contributed by atoms with Crippen molar-refractivity contribution in [3.05, 3.63) is 53.6 Å². The third-order valence-electron chi connectivity index (χ3n) is 4.99. The number of amides is 2. The molecule has 0 aromatic heterocycles. The van der Waals surface area contributed by atoms with Crippen LogP contribution in [0.2, 0.25) is 0 Å². The van der Waals surface area contributed by atoms with Gasteiger partial charge < -0.3 is 10.6 Å². The molecule has 0 bridgehead atoms. The average Bonchev–Trinajstić information content (AvgIpc) is 2.69. The maximum Gasteiger partial charge on any atom is 0.237 e. The van der Waals surface area contributed by atoms with E-state index in [9.17, 15) is 18.0 Å². The summed E-state index contributed by atoms with van der Waals surface area (Å²) < 4.78 is 25.6. The first-order valence-electron chi connectivity index (χ1n) is 9.83. The van der Waals surface area contributed by atoms with Gasteiger partial charge in [0.2, 0.25) is 11.8 Å². The molecule has 1 aliphatic rings. The number of fused-ring (bicyclic) bond motifs is 1. The molecule has 160 valence electrons. The van der Waals surface area contributed by atoms with Crippen molar-refractivity contribution >= 4 is 39.1 Å². The Morgan fingerprint density at radius 2 is 1.90 bits per heavy atom. The lowest BCUT2D eigenvalue weighted by molar-refractivity contribution is -0.123. The number of benzene rings is 2.